The van der Waals surface area contributed by atoms with Gasteiger partial charge in [0.15, 0.2) is 5.78 Å². The number of Topliss-reactive ketones (excluding diaryl/α,β-unsaturated/α-hetero) is 1. The van der Waals surface area contributed by atoms with Gasteiger partial charge in [0.1, 0.15) is 17.4 Å². The number of hydrogen-bond donors (Lipinski definition) is 0. The molecule has 2 rings (SSSR count). The molecule has 1 aromatic carbocycles. The first-order chi connectivity index (χ1) is 8.95. The van der Waals surface area contributed by atoms with Gasteiger partial charge in [0.25, 0.3) is 0 Å². The summed E-state index contributed by atoms with van der Waals surface area (Å²) in [7, 11) is 0. The molecule has 1 aliphatic rings. The summed E-state index contributed by atoms with van der Waals surface area (Å²) in [5, 5.41) is 10.5. The van der Waals surface area contributed by atoms with Crippen LogP contribution in [0.2, 0.25) is 10.0 Å². The van der Waals surface area contributed by atoms with Crippen molar-refractivity contribution in [2.45, 2.75) is 13.3 Å². The van der Waals surface area contributed by atoms with Crippen molar-refractivity contribution in [1.29, 1.82) is 0 Å². The summed E-state index contributed by atoms with van der Waals surface area (Å²) in [5.74, 6) is -1.40. The van der Waals surface area contributed by atoms with Gasteiger partial charge in [-0.3, -0.25) is 4.79 Å². The Morgan fingerprint density at radius 2 is 2.05 bits per heavy atom. The van der Waals surface area contributed by atoms with Crippen LogP contribution in [0, 0.1) is 0 Å². The number of rotatable bonds is 4. The number of carbonyl (C=O) groups excluding carboxylic acids is 2. The summed E-state index contributed by atoms with van der Waals surface area (Å²) in [4.78, 5) is 22.4. The molecule has 0 bridgehead atoms. The molecule has 0 spiro atoms. The topological polar surface area (TPSA) is 66.4 Å². The van der Waals surface area contributed by atoms with Crippen LogP contribution >= 0.6 is 23.2 Å². The Balaban J connectivity index is 2.46. The maximum absolute atomic E-state index is 12.0. The fourth-order valence-electron chi connectivity index (χ4n) is 1.88. The van der Waals surface area contributed by atoms with Crippen LogP contribution in [-0.2, 0) is 4.79 Å². The molecule has 0 atom stereocenters. The van der Waals surface area contributed by atoms with E-state index in [4.69, 9.17) is 27.9 Å². The minimum absolute atomic E-state index is 0.0285. The lowest BCUT2D eigenvalue weighted by Crippen LogP contribution is -2.29. The molecule has 1 aromatic rings. The van der Waals surface area contributed by atoms with Crippen LogP contribution in [0.5, 0.6) is 5.75 Å². The first-order valence-electron chi connectivity index (χ1n) is 5.55. The predicted molar refractivity (Wildman–Crippen MR) is 69.6 cm³/mol. The first kappa shape index (κ1) is 13.9. The summed E-state index contributed by atoms with van der Waals surface area (Å²) < 4.78 is 4.99. The molecule has 100 valence electrons. The minimum atomic E-state index is -1.37. The first-order valence-corrected chi connectivity index (χ1v) is 6.31. The van der Waals surface area contributed by atoms with Crippen LogP contribution in [0.3, 0.4) is 0 Å². The number of ketones is 1. The number of benzene rings is 1. The van der Waals surface area contributed by atoms with E-state index < -0.39 is 12.6 Å². The van der Waals surface area contributed by atoms with E-state index >= 15 is 0 Å². The molecule has 19 heavy (non-hydrogen) atoms. The molecule has 0 fully saturated rings. The zero-order valence-corrected chi connectivity index (χ0v) is 11.5. The van der Waals surface area contributed by atoms with E-state index in [9.17, 15) is 14.7 Å². The lowest BCUT2D eigenvalue weighted by atomic mass is 10.1. The summed E-state index contributed by atoms with van der Waals surface area (Å²) in [6.45, 7) is 1.23. The van der Waals surface area contributed by atoms with Gasteiger partial charge >= 0.3 is 0 Å². The SMILES string of the molecule is CCC1=Cc2cc(OCC(=O)[O-])c(Cl)c(Cl)c2C1=O. The molecule has 0 aromatic heterocycles. The third-order valence-electron chi connectivity index (χ3n) is 2.78. The number of allylic oxidation sites excluding steroid dienone is 1. The number of carboxylic acids is 1. The summed E-state index contributed by atoms with van der Waals surface area (Å²) >= 11 is 12.0. The summed E-state index contributed by atoms with van der Waals surface area (Å²) in [6, 6.07) is 1.51. The van der Waals surface area contributed by atoms with Gasteiger partial charge in [-0.05, 0) is 24.1 Å². The fraction of sp³-hybridized carbons (Fsp3) is 0.231. The molecule has 0 radical (unpaired) electrons. The number of halogens is 2. The molecule has 0 aliphatic heterocycles. The van der Waals surface area contributed by atoms with E-state index in [0.717, 1.165) is 0 Å². The van der Waals surface area contributed by atoms with Gasteiger partial charge in [0.05, 0.1) is 11.0 Å². The standard InChI is InChI=1S/C13H10Cl2O4/c1-2-6-3-7-4-8(19-5-9(16)17)11(14)12(15)10(7)13(6)18/h3-4H,2,5H2,1H3,(H,16,17)/p-1. The number of carbonyl (C=O) groups is 2. The van der Waals surface area contributed by atoms with E-state index in [-0.39, 0.29) is 21.6 Å². The Morgan fingerprint density at radius 3 is 2.63 bits per heavy atom. The van der Waals surface area contributed by atoms with Crippen LogP contribution in [0.25, 0.3) is 6.08 Å². The van der Waals surface area contributed by atoms with Crippen molar-refractivity contribution < 1.29 is 19.4 Å². The van der Waals surface area contributed by atoms with E-state index in [2.05, 4.69) is 0 Å². The van der Waals surface area contributed by atoms with Crippen LogP contribution < -0.4 is 9.84 Å². The largest absolute Gasteiger partial charge is 0.546 e. The Labute approximate surface area is 119 Å². The lowest BCUT2D eigenvalue weighted by molar-refractivity contribution is -0.307. The molecule has 1 aliphatic carbocycles. The second kappa shape index (κ2) is 5.23. The average molecular weight is 300 g/mol. The molecule has 0 amide bonds. The number of ether oxygens (including phenoxy) is 1. The zero-order chi connectivity index (χ0) is 14.2. The monoisotopic (exact) mass is 299 g/mol. The molecule has 6 heteroatoms. The van der Waals surface area contributed by atoms with E-state index in [0.29, 0.717) is 23.1 Å². The van der Waals surface area contributed by atoms with Gasteiger partial charge in [0.2, 0.25) is 0 Å². The summed E-state index contributed by atoms with van der Waals surface area (Å²) in [6.07, 6.45) is 2.28. The molecule has 0 saturated heterocycles. The van der Waals surface area contributed by atoms with Crippen molar-refractivity contribution in [3.63, 3.8) is 0 Å². The third kappa shape index (κ3) is 2.46. The third-order valence-corrected chi connectivity index (χ3v) is 3.63. The van der Waals surface area contributed by atoms with Crippen LogP contribution in [0.15, 0.2) is 11.6 Å². The Kier molecular flexibility index (Phi) is 3.83. The number of aliphatic carboxylic acids is 1. The second-order valence-corrected chi connectivity index (χ2v) is 4.74. The van der Waals surface area contributed by atoms with Crippen LogP contribution in [0.1, 0.15) is 29.3 Å². The van der Waals surface area contributed by atoms with E-state index in [1.807, 2.05) is 6.92 Å². The van der Waals surface area contributed by atoms with Crippen LogP contribution in [0.4, 0.5) is 0 Å². The lowest BCUT2D eigenvalue weighted by Gasteiger charge is -2.12. The Bertz CT molecular complexity index is 605. The Hall–Kier alpha value is -1.52. The van der Waals surface area contributed by atoms with Gasteiger partial charge in [-0.25, -0.2) is 0 Å². The molecule has 4 nitrogen and oxygen atoms in total. The highest BCUT2D eigenvalue weighted by Gasteiger charge is 2.27. The maximum Gasteiger partial charge on any atom is 0.191 e. The summed E-state index contributed by atoms with van der Waals surface area (Å²) in [5.41, 5.74) is 1.55. The fourth-order valence-corrected chi connectivity index (χ4v) is 2.38. The van der Waals surface area contributed by atoms with Crippen molar-refractivity contribution in [3.05, 3.63) is 32.8 Å². The maximum atomic E-state index is 12.0. The molecule has 0 unspecified atom stereocenters. The number of carboxylic acid groups (broad SMARTS) is 1. The molecular weight excluding hydrogens is 291 g/mol. The quantitative estimate of drug-likeness (QED) is 0.854. The Morgan fingerprint density at radius 1 is 1.37 bits per heavy atom. The average Bonchev–Trinajstić information content (AvgIpc) is 2.68. The molecule has 0 saturated carbocycles. The molecular formula is C13H9Cl2O4-. The van der Waals surface area contributed by atoms with Gasteiger partial charge in [0, 0.05) is 11.1 Å². The molecule has 0 N–H and O–H groups in total. The highest BCUT2D eigenvalue weighted by molar-refractivity contribution is 6.46. The minimum Gasteiger partial charge on any atom is -0.546 e. The van der Waals surface area contributed by atoms with Crippen molar-refractivity contribution in [2.24, 2.45) is 0 Å². The van der Waals surface area contributed by atoms with Crippen LogP contribution in [-0.4, -0.2) is 18.4 Å². The van der Waals surface area contributed by atoms with Crippen molar-refractivity contribution in [3.8, 4) is 5.75 Å². The van der Waals surface area contributed by atoms with Crippen molar-refractivity contribution in [1.82, 2.24) is 0 Å². The second-order valence-electron chi connectivity index (χ2n) is 3.98. The van der Waals surface area contributed by atoms with Crippen molar-refractivity contribution in [2.75, 3.05) is 6.61 Å². The van der Waals surface area contributed by atoms with Crippen molar-refractivity contribution >= 4 is 41.0 Å². The smallest absolute Gasteiger partial charge is 0.191 e. The highest BCUT2D eigenvalue weighted by Crippen LogP contribution is 2.41. The highest BCUT2D eigenvalue weighted by atomic mass is 35.5. The van der Waals surface area contributed by atoms with E-state index in [1.165, 1.54) is 6.07 Å². The zero-order valence-electron chi connectivity index (χ0n) is 9.96. The normalized spacial score (nSPS) is 13.2. The number of hydrogen-bond acceptors (Lipinski definition) is 4. The number of fused-ring (bicyclic) bond motifs is 1. The van der Waals surface area contributed by atoms with Gasteiger partial charge in [-0.1, -0.05) is 30.1 Å². The van der Waals surface area contributed by atoms with Gasteiger partial charge < -0.3 is 14.6 Å². The van der Waals surface area contributed by atoms with Gasteiger partial charge in [-0.15, -0.1) is 0 Å². The predicted octanol–water partition coefficient (Wildman–Crippen LogP) is 2.11. The molecule has 0 heterocycles. The van der Waals surface area contributed by atoms with E-state index in [1.54, 1.807) is 6.08 Å². The van der Waals surface area contributed by atoms with Gasteiger partial charge in [-0.2, -0.15) is 0 Å².